The van der Waals surface area contributed by atoms with E-state index in [1.54, 1.807) is 29.8 Å². The molecule has 110 valence electrons. The fourth-order valence-corrected chi connectivity index (χ4v) is 2.47. The van der Waals surface area contributed by atoms with Gasteiger partial charge in [-0.05, 0) is 23.8 Å². The minimum Gasteiger partial charge on any atom is -0.347 e. The van der Waals surface area contributed by atoms with E-state index < -0.39 is 0 Å². The average Bonchev–Trinajstić information content (AvgIpc) is 2.93. The molecule has 0 aliphatic heterocycles. The lowest BCUT2D eigenvalue weighted by molar-refractivity contribution is -0.123. The zero-order valence-electron chi connectivity index (χ0n) is 10.7. The van der Waals surface area contributed by atoms with Crippen molar-refractivity contribution in [3.05, 3.63) is 45.4 Å². The fourth-order valence-electron chi connectivity index (χ4n) is 1.54. The van der Waals surface area contributed by atoms with E-state index in [-0.39, 0.29) is 24.8 Å². The SMILES string of the molecule is O=C(Cc1cc(Cl)ccc1Cl)NCC(=O)Nc1nccs1. The third-order valence-electron chi connectivity index (χ3n) is 2.48. The second kappa shape index (κ2) is 7.40. The topological polar surface area (TPSA) is 71.1 Å². The molecule has 0 unspecified atom stereocenters. The third-order valence-corrected chi connectivity index (χ3v) is 3.78. The first-order valence-corrected chi connectivity index (χ1v) is 7.58. The standard InChI is InChI=1S/C13H11Cl2N3O2S/c14-9-1-2-10(15)8(5-9)6-11(19)17-7-12(20)18-13-16-3-4-21-13/h1-5H,6-7H2,(H,17,19)(H,16,18,20). The summed E-state index contributed by atoms with van der Waals surface area (Å²) in [6, 6.07) is 4.90. The average molecular weight is 344 g/mol. The van der Waals surface area contributed by atoms with E-state index >= 15 is 0 Å². The number of benzene rings is 1. The van der Waals surface area contributed by atoms with E-state index in [4.69, 9.17) is 23.2 Å². The number of hydrogen-bond donors (Lipinski definition) is 2. The van der Waals surface area contributed by atoms with Crippen LogP contribution in [0.5, 0.6) is 0 Å². The van der Waals surface area contributed by atoms with Gasteiger partial charge < -0.3 is 10.6 Å². The maximum absolute atomic E-state index is 11.8. The number of hydrogen-bond acceptors (Lipinski definition) is 4. The van der Waals surface area contributed by atoms with Crippen LogP contribution in [0, 0.1) is 0 Å². The van der Waals surface area contributed by atoms with Crippen molar-refractivity contribution in [2.75, 3.05) is 11.9 Å². The summed E-state index contributed by atoms with van der Waals surface area (Å²) in [5, 5.41) is 8.28. The van der Waals surface area contributed by atoms with E-state index in [1.807, 2.05) is 0 Å². The van der Waals surface area contributed by atoms with Crippen LogP contribution in [-0.2, 0) is 16.0 Å². The van der Waals surface area contributed by atoms with Gasteiger partial charge >= 0.3 is 0 Å². The number of carbonyl (C=O) groups excluding carboxylic acids is 2. The maximum Gasteiger partial charge on any atom is 0.245 e. The lowest BCUT2D eigenvalue weighted by Crippen LogP contribution is -2.33. The van der Waals surface area contributed by atoms with Gasteiger partial charge in [0.2, 0.25) is 11.8 Å². The Kier molecular flexibility index (Phi) is 5.55. The van der Waals surface area contributed by atoms with Gasteiger partial charge in [0.25, 0.3) is 0 Å². The molecule has 2 N–H and O–H groups in total. The molecular weight excluding hydrogens is 333 g/mol. The van der Waals surface area contributed by atoms with Gasteiger partial charge in [-0.1, -0.05) is 23.2 Å². The number of halogens is 2. The lowest BCUT2D eigenvalue weighted by atomic mass is 10.1. The molecule has 2 rings (SSSR count). The van der Waals surface area contributed by atoms with Crippen LogP contribution in [0.2, 0.25) is 10.0 Å². The van der Waals surface area contributed by atoms with Crippen LogP contribution in [0.1, 0.15) is 5.56 Å². The molecule has 2 aromatic rings. The first-order valence-electron chi connectivity index (χ1n) is 5.94. The van der Waals surface area contributed by atoms with Crippen LogP contribution in [0.3, 0.4) is 0 Å². The van der Waals surface area contributed by atoms with Crippen molar-refractivity contribution in [1.82, 2.24) is 10.3 Å². The Morgan fingerprint density at radius 3 is 2.76 bits per heavy atom. The Labute approximate surface area is 135 Å². The molecule has 0 atom stereocenters. The van der Waals surface area contributed by atoms with Crippen LogP contribution in [0.15, 0.2) is 29.8 Å². The molecule has 0 aliphatic carbocycles. The van der Waals surface area contributed by atoms with Crippen molar-refractivity contribution in [1.29, 1.82) is 0 Å². The van der Waals surface area contributed by atoms with Crippen molar-refractivity contribution < 1.29 is 9.59 Å². The van der Waals surface area contributed by atoms with E-state index in [2.05, 4.69) is 15.6 Å². The monoisotopic (exact) mass is 343 g/mol. The van der Waals surface area contributed by atoms with Crippen LogP contribution >= 0.6 is 34.5 Å². The number of nitrogens with one attached hydrogen (secondary N) is 2. The molecule has 0 spiro atoms. The molecule has 1 aromatic carbocycles. The Bertz CT molecular complexity index is 647. The van der Waals surface area contributed by atoms with Gasteiger partial charge in [-0.3, -0.25) is 9.59 Å². The van der Waals surface area contributed by atoms with Gasteiger partial charge in [-0.15, -0.1) is 11.3 Å². The van der Waals surface area contributed by atoms with Crippen LogP contribution < -0.4 is 10.6 Å². The van der Waals surface area contributed by atoms with Gasteiger partial charge in [0.1, 0.15) is 0 Å². The van der Waals surface area contributed by atoms with Crippen LogP contribution in [0.25, 0.3) is 0 Å². The van der Waals surface area contributed by atoms with Gasteiger partial charge in [0, 0.05) is 21.6 Å². The minimum absolute atomic E-state index is 0.0594. The summed E-state index contributed by atoms with van der Waals surface area (Å²) in [7, 11) is 0. The molecule has 0 aliphatic rings. The summed E-state index contributed by atoms with van der Waals surface area (Å²) in [5.74, 6) is -0.649. The van der Waals surface area contributed by atoms with Crippen LogP contribution in [-0.4, -0.2) is 23.3 Å². The quantitative estimate of drug-likeness (QED) is 0.876. The van der Waals surface area contributed by atoms with E-state index in [9.17, 15) is 9.59 Å². The van der Waals surface area contributed by atoms with Crippen molar-refractivity contribution in [2.45, 2.75) is 6.42 Å². The van der Waals surface area contributed by atoms with Gasteiger partial charge in [0.15, 0.2) is 5.13 Å². The van der Waals surface area contributed by atoms with Gasteiger partial charge in [-0.25, -0.2) is 4.98 Å². The first kappa shape index (κ1) is 15.8. The van der Waals surface area contributed by atoms with Crippen molar-refractivity contribution >= 4 is 51.5 Å². The third kappa shape index (κ3) is 5.00. The van der Waals surface area contributed by atoms with Crippen molar-refractivity contribution in [2.24, 2.45) is 0 Å². The largest absolute Gasteiger partial charge is 0.347 e. The number of anilines is 1. The summed E-state index contributed by atoms with van der Waals surface area (Å²) >= 11 is 13.1. The number of amides is 2. The zero-order chi connectivity index (χ0) is 15.2. The molecular formula is C13H11Cl2N3O2S. The number of thiazole rings is 1. The lowest BCUT2D eigenvalue weighted by Gasteiger charge is -2.07. The minimum atomic E-state index is -0.338. The Hall–Kier alpha value is -1.63. The summed E-state index contributed by atoms with van der Waals surface area (Å²) in [6.45, 7) is -0.128. The molecule has 0 bridgehead atoms. The molecule has 21 heavy (non-hydrogen) atoms. The highest BCUT2D eigenvalue weighted by molar-refractivity contribution is 7.13. The predicted octanol–water partition coefficient (Wildman–Crippen LogP) is 2.75. The zero-order valence-corrected chi connectivity index (χ0v) is 13.1. The summed E-state index contributed by atoms with van der Waals surface area (Å²) in [6.07, 6.45) is 1.64. The van der Waals surface area contributed by atoms with Crippen molar-refractivity contribution in [3.8, 4) is 0 Å². The number of aromatic nitrogens is 1. The molecule has 1 aromatic heterocycles. The number of carbonyl (C=O) groups is 2. The Balaban J connectivity index is 1.82. The van der Waals surface area contributed by atoms with Gasteiger partial charge in [0.05, 0.1) is 13.0 Å². The number of nitrogens with zero attached hydrogens (tertiary/aromatic N) is 1. The fraction of sp³-hybridized carbons (Fsp3) is 0.154. The summed E-state index contributed by atoms with van der Waals surface area (Å²) < 4.78 is 0. The summed E-state index contributed by atoms with van der Waals surface area (Å²) in [4.78, 5) is 27.3. The van der Waals surface area contributed by atoms with E-state index in [0.717, 1.165) is 0 Å². The molecule has 2 amide bonds. The smallest absolute Gasteiger partial charge is 0.245 e. The highest BCUT2D eigenvalue weighted by atomic mass is 35.5. The predicted molar refractivity (Wildman–Crippen MR) is 83.9 cm³/mol. The highest BCUT2D eigenvalue weighted by Gasteiger charge is 2.10. The molecule has 0 saturated carbocycles. The molecule has 0 saturated heterocycles. The molecule has 0 radical (unpaired) electrons. The van der Waals surface area contributed by atoms with Gasteiger partial charge in [-0.2, -0.15) is 0 Å². The second-order valence-corrected chi connectivity index (χ2v) is 5.81. The maximum atomic E-state index is 11.8. The van der Waals surface area contributed by atoms with Crippen molar-refractivity contribution in [3.63, 3.8) is 0 Å². The summed E-state index contributed by atoms with van der Waals surface area (Å²) in [5.41, 5.74) is 0.613. The Morgan fingerprint density at radius 2 is 2.05 bits per heavy atom. The Morgan fingerprint density at radius 1 is 1.24 bits per heavy atom. The van der Waals surface area contributed by atoms with E-state index in [1.165, 1.54) is 11.3 Å². The molecule has 1 heterocycles. The molecule has 5 nitrogen and oxygen atoms in total. The second-order valence-electron chi connectivity index (χ2n) is 4.07. The van der Waals surface area contributed by atoms with Crippen LogP contribution in [0.4, 0.5) is 5.13 Å². The molecule has 8 heteroatoms. The normalized spacial score (nSPS) is 10.2. The van der Waals surface area contributed by atoms with E-state index in [0.29, 0.717) is 20.7 Å². The molecule has 0 fully saturated rings. The number of rotatable bonds is 5. The highest BCUT2D eigenvalue weighted by Crippen LogP contribution is 2.20. The first-order chi connectivity index (χ1) is 10.0.